The summed E-state index contributed by atoms with van der Waals surface area (Å²) in [7, 11) is 3.03. The van der Waals surface area contributed by atoms with Gasteiger partial charge in [0, 0.05) is 30.8 Å². The SMILES string of the molecule is CN(C)C(=O)c1ccc2c(c1)C(O)(C(F)(F)F)c1ccccc1-2. The number of hydrogen-bond acceptors (Lipinski definition) is 2. The van der Waals surface area contributed by atoms with Crippen molar-refractivity contribution in [3.63, 3.8) is 0 Å². The summed E-state index contributed by atoms with van der Waals surface area (Å²) in [5.41, 5.74) is -2.91. The van der Waals surface area contributed by atoms with Crippen molar-refractivity contribution in [3.05, 3.63) is 59.2 Å². The highest BCUT2D eigenvalue weighted by Crippen LogP contribution is 2.54. The number of hydrogen-bond donors (Lipinski definition) is 1. The average molecular weight is 321 g/mol. The van der Waals surface area contributed by atoms with E-state index in [0.29, 0.717) is 5.56 Å². The van der Waals surface area contributed by atoms with Gasteiger partial charge in [0.2, 0.25) is 5.60 Å². The average Bonchev–Trinajstić information content (AvgIpc) is 2.77. The lowest BCUT2D eigenvalue weighted by Crippen LogP contribution is -2.41. The van der Waals surface area contributed by atoms with E-state index in [1.807, 2.05) is 0 Å². The number of benzene rings is 2. The lowest BCUT2D eigenvalue weighted by atomic mass is 9.90. The second-order valence-electron chi connectivity index (χ2n) is 5.71. The summed E-state index contributed by atoms with van der Waals surface area (Å²) in [6, 6.07) is 9.92. The molecule has 1 aliphatic rings. The number of fused-ring (bicyclic) bond motifs is 3. The molecule has 1 atom stereocenters. The van der Waals surface area contributed by atoms with E-state index in [0.717, 1.165) is 6.07 Å². The number of carbonyl (C=O) groups excluding carboxylic acids is 1. The molecule has 2 aromatic rings. The van der Waals surface area contributed by atoms with E-state index < -0.39 is 17.7 Å². The summed E-state index contributed by atoms with van der Waals surface area (Å²) in [5, 5.41) is 10.5. The van der Waals surface area contributed by atoms with Crippen LogP contribution in [0.2, 0.25) is 0 Å². The van der Waals surface area contributed by atoms with E-state index in [2.05, 4.69) is 0 Å². The van der Waals surface area contributed by atoms with E-state index in [1.54, 1.807) is 6.07 Å². The third-order valence-electron chi connectivity index (χ3n) is 4.08. The molecule has 0 saturated heterocycles. The lowest BCUT2D eigenvalue weighted by Gasteiger charge is -2.28. The van der Waals surface area contributed by atoms with Crippen LogP contribution in [0.25, 0.3) is 11.1 Å². The molecule has 0 spiro atoms. The maximum absolute atomic E-state index is 13.6. The zero-order valence-electron chi connectivity index (χ0n) is 12.5. The molecular weight excluding hydrogens is 307 g/mol. The van der Waals surface area contributed by atoms with Gasteiger partial charge >= 0.3 is 6.18 Å². The maximum Gasteiger partial charge on any atom is 0.425 e. The Bertz CT molecular complexity index is 799. The van der Waals surface area contributed by atoms with Gasteiger partial charge in [-0.1, -0.05) is 30.3 Å². The second kappa shape index (κ2) is 4.83. The third kappa shape index (κ3) is 2.05. The molecule has 120 valence electrons. The van der Waals surface area contributed by atoms with Crippen LogP contribution in [0.5, 0.6) is 0 Å². The molecule has 3 nitrogen and oxygen atoms in total. The van der Waals surface area contributed by atoms with Gasteiger partial charge in [-0.05, 0) is 23.3 Å². The monoisotopic (exact) mass is 321 g/mol. The molecule has 2 aromatic carbocycles. The molecule has 23 heavy (non-hydrogen) atoms. The molecule has 6 heteroatoms. The van der Waals surface area contributed by atoms with Crippen molar-refractivity contribution in [2.24, 2.45) is 0 Å². The van der Waals surface area contributed by atoms with Crippen LogP contribution in [0.1, 0.15) is 21.5 Å². The molecule has 0 bridgehead atoms. The number of carbonyl (C=O) groups is 1. The van der Waals surface area contributed by atoms with Crippen molar-refractivity contribution in [3.8, 4) is 11.1 Å². The number of halogens is 3. The number of amides is 1. The fourth-order valence-electron chi connectivity index (χ4n) is 2.95. The zero-order chi connectivity index (χ0) is 17.0. The number of aliphatic hydroxyl groups is 1. The normalized spacial score (nSPS) is 19.2. The second-order valence-corrected chi connectivity index (χ2v) is 5.71. The summed E-state index contributed by atoms with van der Waals surface area (Å²) in [4.78, 5) is 13.3. The van der Waals surface area contributed by atoms with Crippen molar-refractivity contribution in [1.82, 2.24) is 4.90 Å². The van der Waals surface area contributed by atoms with E-state index in [9.17, 15) is 23.1 Å². The molecule has 1 aliphatic carbocycles. The van der Waals surface area contributed by atoms with Crippen molar-refractivity contribution in [2.45, 2.75) is 11.8 Å². The first kappa shape index (κ1) is 15.6. The number of rotatable bonds is 1. The predicted octanol–water partition coefficient (Wildman–Crippen LogP) is 3.17. The van der Waals surface area contributed by atoms with Gasteiger partial charge in [-0.2, -0.15) is 13.2 Å². The molecule has 1 unspecified atom stereocenters. The van der Waals surface area contributed by atoms with Crippen LogP contribution in [0.15, 0.2) is 42.5 Å². The summed E-state index contributed by atoms with van der Waals surface area (Å²) < 4.78 is 40.9. The van der Waals surface area contributed by atoms with Crippen molar-refractivity contribution >= 4 is 5.91 Å². The van der Waals surface area contributed by atoms with Gasteiger partial charge in [-0.3, -0.25) is 4.79 Å². The van der Waals surface area contributed by atoms with Crippen molar-refractivity contribution < 1.29 is 23.1 Å². The summed E-state index contributed by atoms with van der Waals surface area (Å²) in [6.45, 7) is 0. The van der Waals surface area contributed by atoms with E-state index in [-0.39, 0.29) is 22.3 Å². The Morgan fingerprint density at radius 2 is 1.65 bits per heavy atom. The smallest absolute Gasteiger partial charge is 0.372 e. The Morgan fingerprint density at radius 3 is 2.26 bits per heavy atom. The van der Waals surface area contributed by atoms with Crippen LogP contribution in [0.3, 0.4) is 0 Å². The van der Waals surface area contributed by atoms with E-state index in [1.165, 1.54) is 49.3 Å². The van der Waals surface area contributed by atoms with Crippen LogP contribution in [0, 0.1) is 0 Å². The summed E-state index contributed by atoms with van der Waals surface area (Å²) in [6.07, 6.45) is -4.89. The molecule has 1 amide bonds. The quantitative estimate of drug-likeness (QED) is 0.876. The highest BCUT2D eigenvalue weighted by atomic mass is 19.4. The van der Waals surface area contributed by atoms with Crippen molar-refractivity contribution in [2.75, 3.05) is 14.1 Å². The van der Waals surface area contributed by atoms with Gasteiger partial charge in [0.1, 0.15) is 0 Å². The van der Waals surface area contributed by atoms with Gasteiger partial charge in [-0.15, -0.1) is 0 Å². The fraction of sp³-hybridized carbons (Fsp3) is 0.235. The van der Waals surface area contributed by atoms with Gasteiger partial charge in [0.05, 0.1) is 0 Å². The first-order valence-electron chi connectivity index (χ1n) is 6.93. The van der Waals surface area contributed by atoms with Gasteiger partial charge in [0.25, 0.3) is 5.91 Å². The van der Waals surface area contributed by atoms with Crippen LogP contribution >= 0.6 is 0 Å². The molecule has 0 radical (unpaired) electrons. The Morgan fingerprint density at radius 1 is 1.04 bits per heavy atom. The highest BCUT2D eigenvalue weighted by Gasteiger charge is 2.60. The molecule has 0 heterocycles. The summed E-state index contributed by atoms with van der Waals surface area (Å²) >= 11 is 0. The Balaban J connectivity index is 2.30. The molecule has 0 aliphatic heterocycles. The minimum absolute atomic E-state index is 0.101. The number of nitrogens with zero attached hydrogens (tertiary/aromatic N) is 1. The lowest BCUT2D eigenvalue weighted by molar-refractivity contribution is -0.246. The Kier molecular flexibility index (Phi) is 3.26. The first-order chi connectivity index (χ1) is 10.7. The third-order valence-corrected chi connectivity index (χ3v) is 4.08. The van der Waals surface area contributed by atoms with Gasteiger partial charge in [-0.25, -0.2) is 0 Å². The Hall–Kier alpha value is -2.34. The van der Waals surface area contributed by atoms with Gasteiger partial charge < -0.3 is 10.0 Å². The van der Waals surface area contributed by atoms with Crippen LogP contribution in [0.4, 0.5) is 13.2 Å². The molecular formula is C17H14F3NO2. The topological polar surface area (TPSA) is 40.5 Å². The predicted molar refractivity (Wildman–Crippen MR) is 78.9 cm³/mol. The van der Waals surface area contributed by atoms with E-state index >= 15 is 0 Å². The molecule has 1 N–H and O–H groups in total. The largest absolute Gasteiger partial charge is 0.425 e. The van der Waals surface area contributed by atoms with Crippen molar-refractivity contribution in [1.29, 1.82) is 0 Å². The molecule has 3 rings (SSSR count). The van der Waals surface area contributed by atoms with Crippen LogP contribution in [-0.4, -0.2) is 36.2 Å². The highest BCUT2D eigenvalue weighted by molar-refractivity contribution is 5.96. The molecule has 0 fully saturated rings. The fourth-order valence-corrected chi connectivity index (χ4v) is 2.95. The molecule has 0 saturated carbocycles. The first-order valence-corrected chi connectivity index (χ1v) is 6.93. The van der Waals surface area contributed by atoms with Crippen LogP contribution < -0.4 is 0 Å². The minimum Gasteiger partial charge on any atom is -0.372 e. The maximum atomic E-state index is 13.6. The molecule has 0 aromatic heterocycles. The van der Waals surface area contributed by atoms with Gasteiger partial charge in [0.15, 0.2) is 0 Å². The minimum atomic E-state index is -4.89. The van der Waals surface area contributed by atoms with Crippen LogP contribution in [-0.2, 0) is 5.60 Å². The summed E-state index contributed by atoms with van der Waals surface area (Å²) in [5.74, 6) is -0.423. The standard InChI is InChI=1S/C17H14F3NO2/c1-21(2)15(22)10-7-8-12-11-5-3-4-6-13(11)16(23,14(12)9-10)17(18,19)20/h3-9,23H,1-2H3. The van der Waals surface area contributed by atoms with E-state index in [4.69, 9.17) is 0 Å². The number of alkyl halides is 3. The Labute approximate surface area is 131 Å². The zero-order valence-corrected chi connectivity index (χ0v) is 12.5.